The van der Waals surface area contributed by atoms with Gasteiger partial charge >= 0.3 is 0 Å². The quantitative estimate of drug-likeness (QED) is 0.440. The molecule has 5 nitrogen and oxygen atoms in total. The Morgan fingerprint density at radius 2 is 1.67 bits per heavy atom. The van der Waals surface area contributed by atoms with Crippen LogP contribution in [0.5, 0.6) is 5.75 Å². The summed E-state index contributed by atoms with van der Waals surface area (Å²) in [6, 6.07) is 21.7. The predicted molar refractivity (Wildman–Crippen MR) is 137 cm³/mol. The number of nitrogens with zero attached hydrogens (tertiary/aromatic N) is 3. The maximum absolute atomic E-state index is 6.27. The van der Waals surface area contributed by atoms with Crippen LogP contribution in [0.25, 0.3) is 0 Å². The lowest BCUT2D eigenvalue weighted by atomic mass is 10.1. The topological polar surface area (TPSA) is 40.1 Å². The Kier molecular flexibility index (Phi) is 6.72. The van der Waals surface area contributed by atoms with E-state index in [4.69, 9.17) is 32.9 Å². The Morgan fingerprint density at radius 1 is 0.848 bits per heavy atom. The lowest BCUT2D eigenvalue weighted by molar-refractivity contribution is 0.170. The molecule has 0 radical (unpaired) electrons. The highest BCUT2D eigenvalue weighted by molar-refractivity contribution is 6.31. The molecule has 2 aliphatic rings. The molecule has 33 heavy (non-hydrogen) atoms. The van der Waals surface area contributed by atoms with Crippen molar-refractivity contribution >= 4 is 46.1 Å². The summed E-state index contributed by atoms with van der Waals surface area (Å²) in [6.45, 7) is 5.54. The second-order valence-electron chi connectivity index (χ2n) is 8.26. The first kappa shape index (κ1) is 22.1. The van der Waals surface area contributed by atoms with E-state index in [0.717, 1.165) is 73.4 Å². The number of para-hydroxylation sites is 1. The predicted octanol–water partition coefficient (Wildman–Crippen LogP) is 6.22. The van der Waals surface area contributed by atoms with Gasteiger partial charge in [0.05, 0.1) is 18.0 Å². The van der Waals surface area contributed by atoms with Gasteiger partial charge in [0, 0.05) is 54.0 Å². The average molecular weight is 481 g/mol. The fraction of sp³-hybridized carbons (Fsp3) is 0.269. The molecule has 3 aromatic carbocycles. The zero-order valence-corrected chi connectivity index (χ0v) is 19.8. The van der Waals surface area contributed by atoms with Gasteiger partial charge in [-0.3, -0.25) is 4.90 Å². The molecule has 2 aliphatic heterocycles. The highest BCUT2D eigenvalue weighted by atomic mass is 35.5. The number of benzene rings is 3. The van der Waals surface area contributed by atoms with E-state index in [0.29, 0.717) is 16.7 Å². The molecule has 7 heteroatoms. The van der Waals surface area contributed by atoms with Gasteiger partial charge in [-0.1, -0.05) is 41.4 Å². The third kappa shape index (κ3) is 5.27. The van der Waals surface area contributed by atoms with Gasteiger partial charge in [0.2, 0.25) is 0 Å². The van der Waals surface area contributed by atoms with Crippen LogP contribution in [0.2, 0.25) is 10.0 Å². The zero-order chi connectivity index (χ0) is 22.6. The second-order valence-corrected chi connectivity index (χ2v) is 9.13. The summed E-state index contributed by atoms with van der Waals surface area (Å²) >= 11 is 12.3. The summed E-state index contributed by atoms with van der Waals surface area (Å²) in [5.74, 6) is 1.83. The molecule has 0 saturated carbocycles. The van der Waals surface area contributed by atoms with Crippen molar-refractivity contribution in [1.82, 2.24) is 9.80 Å². The first-order valence-electron chi connectivity index (χ1n) is 11.3. The Labute approximate surface area is 204 Å². The van der Waals surface area contributed by atoms with Crippen LogP contribution in [0.1, 0.15) is 12.0 Å². The van der Waals surface area contributed by atoms with Crippen LogP contribution >= 0.6 is 23.2 Å². The third-order valence-electron chi connectivity index (χ3n) is 5.98. The molecule has 3 aromatic rings. The van der Waals surface area contributed by atoms with Crippen LogP contribution in [0.4, 0.5) is 17.1 Å². The Morgan fingerprint density at radius 3 is 2.52 bits per heavy atom. The Bertz CT molecular complexity index is 1160. The molecule has 0 unspecified atom stereocenters. The number of piperazine rings is 1. The number of fused-ring (bicyclic) bond motifs is 2. The van der Waals surface area contributed by atoms with Gasteiger partial charge in [0.25, 0.3) is 0 Å². The smallest absolute Gasteiger partial charge is 0.138 e. The first-order chi connectivity index (χ1) is 16.2. The number of amidine groups is 1. The van der Waals surface area contributed by atoms with Gasteiger partial charge < -0.3 is 15.0 Å². The SMILES string of the molecule is Clc1cccc(OCCCN2CCN(C3=Nc4cc(Cl)ccc4Nc4ccccc43)CC2)c1. The molecule has 0 amide bonds. The summed E-state index contributed by atoms with van der Waals surface area (Å²) in [7, 11) is 0. The minimum absolute atomic E-state index is 0.684. The summed E-state index contributed by atoms with van der Waals surface area (Å²) in [5.41, 5.74) is 4.03. The molecule has 0 atom stereocenters. The maximum Gasteiger partial charge on any atom is 0.138 e. The van der Waals surface area contributed by atoms with Crippen molar-refractivity contribution < 1.29 is 4.74 Å². The zero-order valence-electron chi connectivity index (χ0n) is 18.3. The fourth-order valence-electron chi connectivity index (χ4n) is 4.27. The number of anilines is 2. The molecule has 1 N–H and O–H groups in total. The van der Waals surface area contributed by atoms with Crippen molar-refractivity contribution in [2.75, 3.05) is 44.6 Å². The summed E-state index contributed by atoms with van der Waals surface area (Å²) in [6.07, 6.45) is 0.978. The van der Waals surface area contributed by atoms with Gasteiger partial charge in [-0.15, -0.1) is 0 Å². The van der Waals surface area contributed by atoms with Gasteiger partial charge in [0.1, 0.15) is 11.6 Å². The normalized spacial score (nSPS) is 15.7. The molecular formula is C26H26Cl2N4O. The number of aliphatic imine (C=N–C) groups is 1. The van der Waals surface area contributed by atoms with E-state index in [-0.39, 0.29) is 0 Å². The molecule has 0 bridgehead atoms. The van der Waals surface area contributed by atoms with Crippen molar-refractivity contribution in [3.8, 4) is 5.75 Å². The van der Waals surface area contributed by atoms with E-state index in [1.54, 1.807) is 0 Å². The number of halogens is 2. The molecular weight excluding hydrogens is 455 g/mol. The van der Waals surface area contributed by atoms with Crippen LogP contribution in [-0.2, 0) is 0 Å². The molecule has 170 valence electrons. The minimum Gasteiger partial charge on any atom is -0.493 e. The van der Waals surface area contributed by atoms with E-state index < -0.39 is 0 Å². The van der Waals surface area contributed by atoms with Crippen LogP contribution in [0, 0.1) is 0 Å². The molecule has 0 aliphatic carbocycles. The Balaban J connectivity index is 1.22. The number of ether oxygens (including phenoxy) is 1. The van der Waals surface area contributed by atoms with Crippen LogP contribution in [0.3, 0.4) is 0 Å². The second kappa shape index (κ2) is 10.0. The van der Waals surface area contributed by atoms with Crippen LogP contribution in [0.15, 0.2) is 71.7 Å². The van der Waals surface area contributed by atoms with E-state index >= 15 is 0 Å². The number of hydrogen-bond acceptors (Lipinski definition) is 5. The van der Waals surface area contributed by atoms with Crippen molar-refractivity contribution in [2.24, 2.45) is 4.99 Å². The number of hydrogen-bond donors (Lipinski definition) is 1. The standard InChI is InChI=1S/C26H26Cl2N4O/c27-19-5-3-6-21(17-19)33-16-4-11-31-12-14-32(15-13-31)26-22-7-1-2-8-23(22)29-24-10-9-20(28)18-25(24)30-26/h1-3,5-10,17-18,29H,4,11-16H2. The first-order valence-corrected chi connectivity index (χ1v) is 12.0. The minimum atomic E-state index is 0.684. The van der Waals surface area contributed by atoms with Crippen LogP contribution in [-0.4, -0.2) is 55.0 Å². The van der Waals surface area contributed by atoms with Gasteiger partial charge in [-0.2, -0.15) is 0 Å². The number of nitrogens with one attached hydrogen (secondary N) is 1. The highest BCUT2D eigenvalue weighted by Crippen LogP contribution is 2.36. The Hall–Kier alpha value is -2.73. The lowest BCUT2D eigenvalue weighted by Crippen LogP contribution is -2.49. The van der Waals surface area contributed by atoms with Gasteiger partial charge in [0.15, 0.2) is 0 Å². The van der Waals surface area contributed by atoms with E-state index in [1.807, 2.05) is 48.5 Å². The van der Waals surface area contributed by atoms with Crippen molar-refractivity contribution in [3.05, 3.63) is 82.3 Å². The van der Waals surface area contributed by atoms with Crippen LogP contribution < -0.4 is 10.1 Å². The van der Waals surface area contributed by atoms with E-state index in [2.05, 4.69) is 33.3 Å². The lowest BCUT2D eigenvalue weighted by Gasteiger charge is -2.36. The molecule has 0 spiro atoms. The fourth-order valence-corrected chi connectivity index (χ4v) is 4.62. The molecule has 1 fully saturated rings. The average Bonchev–Trinajstić information content (AvgIpc) is 2.99. The molecule has 2 heterocycles. The van der Waals surface area contributed by atoms with E-state index in [9.17, 15) is 0 Å². The van der Waals surface area contributed by atoms with Gasteiger partial charge in [-0.05, 0) is 55.0 Å². The van der Waals surface area contributed by atoms with Crippen molar-refractivity contribution in [3.63, 3.8) is 0 Å². The third-order valence-corrected chi connectivity index (χ3v) is 6.45. The van der Waals surface area contributed by atoms with E-state index in [1.165, 1.54) is 0 Å². The molecule has 1 saturated heterocycles. The summed E-state index contributed by atoms with van der Waals surface area (Å²) < 4.78 is 5.83. The monoisotopic (exact) mass is 480 g/mol. The molecule has 5 rings (SSSR count). The maximum atomic E-state index is 6.27. The number of rotatable bonds is 5. The molecule has 0 aromatic heterocycles. The van der Waals surface area contributed by atoms with Crippen molar-refractivity contribution in [2.45, 2.75) is 6.42 Å². The highest BCUT2D eigenvalue weighted by Gasteiger charge is 2.24. The summed E-state index contributed by atoms with van der Waals surface area (Å²) in [4.78, 5) is 9.93. The van der Waals surface area contributed by atoms with Gasteiger partial charge in [-0.25, -0.2) is 4.99 Å². The largest absolute Gasteiger partial charge is 0.493 e. The summed E-state index contributed by atoms with van der Waals surface area (Å²) in [5, 5.41) is 4.92. The van der Waals surface area contributed by atoms with Crippen molar-refractivity contribution in [1.29, 1.82) is 0 Å².